The van der Waals surface area contributed by atoms with Gasteiger partial charge in [0, 0.05) is 6.07 Å². The highest BCUT2D eigenvalue weighted by Gasteiger charge is 2.32. The van der Waals surface area contributed by atoms with E-state index in [-0.39, 0.29) is 27.8 Å². The number of hydrogen-bond donors (Lipinski definition) is 1. The Labute approximate surface area is 167 Å². The van der Waals surface area contributed by atoms with E-state index in [0.29, 0.717) is 17.9 Å². The van der Waals surface area contributed by atoms with Crippen molar-refractivity contribution in [1.82, 2.24) is 9.78 Å². The van der Waals surface area contributed by atoms with Crippen LogP contribution in [0.25, 0.3) is 11.5 Å². The first-order chi connectivity index (χ1) is 13.6. The summed E-state index contributed by atoms with van der Waals surface area (Å²) in [5.74, 6) is -0.124. The Morgan fingerprint density at radius 3 is 2.69 bits per heavy atom. The molecule has 8 nitrogen and oxygen atoms in total. The molecule has 1 fully saturated rings. The van der Waals surface area contributed by atoms with Gasteiger partial charge in [-0.15, -0.1) is 0 Å². The summed E-state index contributed by atoms with van der Waals surface area (Å²) >= 11 is 0. The zero-order valence-corrected chi connectivity index (χ0v) is 17.0. The first-order valence-corrected chi connectivity index (χ1v) is 12.1. The number of aromatic nitrogens is 2. The van der Waals surface area contributed by atoms with Crippen LogP contribution in [-0.4, -0.2) is 38.1 Å². The van der Waals surface area contributed by atoms with Crippen LogP contribution in [0.4, 0.5) is 10.2 Å². The maximum absolute atomic E-state index is 13.4. The summed E-state index contributed by atoms with van der Waals surface area (Å²) < 4.78 is 72.2. The molecule has 0 amide bonds. The van der Waals surface area contributed by atoms with Gasteiger partial charge in [0.2, 0.25) is 0 Å². The molecule has 0 spiro atoms. The Bertz CT molecular complexity index is 1260. The molecular formula is C18H18FN3O5S2. The topological polar surface area (TPSA) is 111 Å². The SMILES string of the molecule is Cc1cc(F)ccc1S(=O)(=O)Nc1cc(-c2ccco2)nn1[C@@H]1CCS(=O)(=O)C1. The minimum Gasteiger partial charge on any atom is -0.463 e. The lowest BCUT2D eigenvalue weighted by atomic mass is 10.2. The maximum Gasteiger partial charge on any atom is 0.263 e. The average Bonchev–Trinajstić information content (AvgIpc) is 3.33. The molecule has 1 N–H and O–H groups in total. The van der Waals surface area contributed by atoms with Crippen LogP contribution in [0.5, 0.6) is 0 Å². The van der Waals surface area contributed by atoms with Crippen molar-refractivity contribution in [1.29, 1.82) is 0 Å². The number of nitrogens with zero attached hydrogens (tertiary/aromatic N) is 2. The molecule has 0 unspecified atom stereocenters. The summed E-state index contributed by atoms with van der Waals surface area (Å²) in [5, 5.41) is 4.39. The van der Waals surface area contributed by atoms with E-state index in [1.54, 1.807) is 12.1 Å². The third-order valence-electron chi connectivity index (χ3n) is 4.73. The lowest BCUT2D eigenvalue weighted by Gasteiger charge is -2.15. The third kappa shape index (κ3) is 3.92. The normalized spacial score (nSPS) is 18.8. The van der Waals surface area contributed by atoms with Crippen molar-refractivity contribution >= 4 is 25.7 Å². The van der Waals surface area contributed by atoms with Gasteiger partial charge < -0.3 is 4.42 Å². The van der Waals surface area contributed by atoms with Crippen LogP contribution in [0.15, 0.2) is 52.0 Å². The van der Waals surface area contributed by atoms with Crippen molar-refractivity contribution in [2.45, 2.75) is 24.3 Å². The number of aryl methyl sites for hydroxylation is 1. The molecule has 154 valence electrons. The first-order valence-electron chi connectivity index (χ1n) is 8.77. The van der Waals surface area contributed by atoms with Gasteiger partial charge >= 0.3 is 0 Å². The number of sulfone groups is 1. The van der Waals surface area contributed by atoms with Gasteiger partial charge in [-0.1, -0.05) is 0 Å². The van der Waals surface area contributed by atoms with Gasteiger partial charge in [-0.25, -0.2) is 25.9 Å². The Morgan fingerprint density at radius 2 is 2.07 bits per heavy atom. The summed E-state index contributed by atoms with van der Waals surface area (Å²) in [6, 6.07) is 7.69. The molecule has 3 aromatic rings. The van der Waals surface area contributed by atoms with E-state index < -0.39 is 31.7 Å². The summed E-state index contributed by atoms with van der Waals surface area (Å²) in [5.41, 5.74) is 0.617. The number of benzene rings is 1. The van der Waals surface area contributed by atoms with Crippen LogP contribution >= 0.6 is 0 Å². The highest BCUT2D eigenvalue weighted by molar-refractivity contribution is 7.92. The fourth-order valence-electron chi connectivity index (χ4n) is 3.37. The van der Waals surface area contributed by atoms with Crippen molar-refractivity contribution in [3.8, 4) is 11.5 Å². The van der Waals surface area contributed by atoms with Gasteiger partial charge in [0.1, 0.15) is 17.3 Å². The monoisotopic (exact) mass is 439 g/mol. The predicted octanol–water partition coefficient (Wildman–Crippen LogP) is 2.75. The second-order valence-corrected chi connectivity index (χ2v) is 10.8. The van der Waals surface area contributed by atoms with Crippen molar-refractivity contribution in [3.63, 3.8) is 0 Å². The molecule has 11 heteroatoms. The van der Waals surface area contributed by atoms with E-state index in [1.165, 1.54) is 30.0 Å². The van der Waals surface area contributed by atoms with Crippen molar-refractivity contribution in [3.05, 3.63) is 54.0 Å². The molecule has 1 aliphatic heterocycles. The zero-order chi connectivity index (χ0) is 20.8. The second-order valence-electron chi connectivity index (χ2n) is 6.91. The molecule has 29 heavy (non-hydrogen) atoms. The minimum absolute atomic E-state index is 0.0108. The number of halogens is 1. The summed E-state index contributed by atoms with van der Waals surface area (Å²) in [7, 11) is -7.27. The first kappa shape index (κ1) is 19.6. The van der Waals surface area contributed by atoms with Crippen molar-refractivity contribution in [2.24, 2.45) is 0 Å². The molecule has 0 bridgehead atoms. The zero-order valence-electron chi connectivity index (χ0n) is 15.4. The molecule has 1 aromatic carbocycles. The Morgan fingerprint density at radius 1 is 1.28 bits per heavy atom. The Balaban J connectivity index is 1.76. The summed E-state index contributed by atoms with van der Waals surface area (Å²) in [4.78, 5) is -0.0785. The smallest absolute Gasteiger partial charge is 0.263 e. The van der Waals surface area contributed by atoms with E-state index in [0.717, 1.165) is 12.1 Å². The van der Waals surface area contributed by atoms with Crippen LogP contribution in [0.3, 0.4) is 0 Å². The Kier molecular flexibility index (Phi) is 4.74. The number of sulfonamides is 1. The molecule has 0 saturated carbocycles. The van der Waals surface area contributed by atoms with Gasteiger partial charge in [0.25, 0.3) is 10.0 Å². The summed E-state index contributed by atoms with van der Waals surface area (Å²) in [6.45, 7) is 1.49. The molecule has 0 radical (unpaired) electrons. The van der Waals surface area contributed by atoms with Gasteiger partial charge in [-0.3, -0.25) is 4.72 Å². The lowest BCUT2D eigenvalue weighted by Crippen LogP contribution is -2.20. The number of nitrogens with one attached hydrogen (secondary N) is 1. The van der Waals surface area contributed by atoms with Crippen LogP contribution < -0.4 is 4.72 Å². The van der Waals surface area contributed by atoms with Gasteiger partial charge in [-0.05, 0) is 49.2 Å². The predicted molar refractivity (Wildman–Crippen MR) is 104 cm³/mol. The number of furan rings is 1. The highest BCUT2D eigenvalue weighted by atomic mass is 32.2. The maximum atomic E-state index is 13.4. The largest absolute Gasteiger partial charge is 0.463 e. The molecule has 0 aliphatic carbocycles. The molecule has 1 aliphatic rings. The van der Waals surface area contributed by atoms with Gasteiger partial charge in [0.15, 0.2) is 15.6 Å². The highest BCUT2D eigenvalue weighted by Crippen LogP contribution is 2.32. The molecule has 1 atom stereocenters. The van der Waals surface area contributed by atoms with Crippen LogP contribution in [0.2, 0.25) is 0 Å². The number of rotatable bonds is 5. The molecular weight excluding hydrogens is 421 g/mol. The minimum atomic E-state index is -4.05. The third-order valence-corrected chi connectivity index (χ3v) is 7.99. The van der Waals surface area contributed by atoms with E-state index in [9.17, 15) is 21.2 Å². The van der Waals surface area contributed by atoms with Crippen molar-refractivity contribution < 1.29 is 25.6 Å². The standard InChI is InChI=1S/C18H18FN3O5S2/c1-12-9-13(19)4-5-17(12)29(25,26)21-18-10-15(16-3-2-7-27-16)20-22(18)14-6-8-28(23,24)11-14/h2-5,7,9-10,14,21H,6,8,11H2,1H3/t14-/m1/s1. The summed E-state index contributed by atoms with van der Waals surface area (Å²) in [6.07, 6.45) is 1.78. The van der Waals surface area contributed by atoms with E-state index >= 15 is 0 Å². The number of hydrogen-bond acceptors (Lipinski definition) is 6. The fraction of sp³-hybridized carbons (Fsp3) is 0.278. The van der Waals surface area contributed by atoms with Gasteiger partial charge in [0.05, 0.1) is 28.7 Å². The molecule has 3 heterocycles. The average molecular weight is 439 g/mol. The Hall–Kier alpha value is -2.66. The fourth-order valence-corrected chi connectivity index (χ4v) is 6.33. The van der Waals surface area contributed by atoms with Crippen LogP contribution in [0, 0.1) is 12.7 Å². The molecule has 4 rings (SSSR count). The quantitative estimate of drug-likeness (QED) is 0.654. The second kappa shape index (κ2) is 6.99. The molecule has 1 saturated heterocycles. The lowest BCUT2D eigenvalue weighted by molar-refractivity contribution is 0.504. The van der Waals surface area contributed by atoms with E-state index in [4.69, 9.17) is 4.42 Å². The van der Waals surface area contributed by atoms with E-state index in [1.807, 2.05) is 0 Å². The van der Waals surface area contributed by atoms with Gasteiger partial charge in [-0.2, -0.15) is 5.10 Å². The van der Waals surface area contributed by atoms with Crippen LogP contribution in [0.1, 0.15) is 18.0 Å². The van der Waals surface area contributed by atoms with Crippen molar-refractivity contribution in [2.75, 3.05) is 16.2 Å². The van der Waals surface area contributed by atoms with E-state index in [2.05, 4.69) is 9.82 Å². The number of anilines is 1. The van der Waals surface area contributed by atoms with Crippen LogP contribution in [-0.2, 0) is 19.9 Å². The molecule has 2 aromatic heterocycles.